The van der Waals surface area contributed by atoms with Crippen LogP contribution in [-0.4, -0.2) is 39.5 Å². The van der Waals surface area contributed by atoms with Crippen LogP contribution in [0, 0.1) is 6.92 Å². The van der Waals surface area contributed by atoms with Crippen LogP contribution in [0.25, 0.3) is 0 Å². The molecule has 1 amide bonds. The van der Waals surface area contributed by atoms with E-state index in [1.807, 2.05) is 6.92 Å². The number of nitrogens with one attached hydrogen (secondary N) is 2. The van der Waals surface area contributed by atoms with Crippen LogP contribution in [0.4, 0.5) is 5.69 Å². The molecule has 9 heteroatoms. The summed E-state index contributed by atoms with van der Waals surface area (Å²) in [7, 11) is -3.61. The monoisotopic (exact) mass is 462 g/mol. The summed E-state index contributed by atoms with van der Waals surface area (Å²) in [6.45, 7) is 7.34. The minimum absolute atomic E-state index is 0.133. The van der Waals surface area contributed by atoms with Crippen LogP contribution in [0.15, 0.2) is 47.4 Å². The van der Waals surface area contributed by atoms with E-state index in [0.717, 1.165) is 12.8 Å². The van der Waals surface area contributed by atoms with Gasteiger partial charge in [0.05, 0.1) is 17.1 Å². The predicted molar refractivity (Wildman–Crippen MR) is 122 cm³/mol. The highest BCUT2D eigenvalue weighted by Crippen LogP contribution is 2.22. The van der Waals surface area contributed by atoms with Crippen LogP contribution in [0.3, 0.4) is 0 Å². The van der Waals surface area contributed by atoms with E-state index in [4.69, 9.17) is 9.47 Å². The maximum absolute atomic E-state index is 12.3. The zero-order chi connectivity index (χ0) is 23.7. The van der Waals surface area contributed by atoms with E-state index in [1.165, 1.54) is 18.2 Å². The Balaban J connectivity index is 1.91. The number of benzene rings is 2. The minimum atomic E-state index is -3.61. The summed E-state index contributed by atoms with van der Waals surface area (Å²) < 4.78 is 37.7. The maximum atomic E-state index is 12.3. The molecule has 0 aromatic heterocycles. The van der Waals surface area contributed by atoms with E-state index in [2.05, 4.69) is 10.0 Å². The summed E-state index contributed by atoms with van der Waals surface area (Å²) in [5, 5.41) is 2.69. The SMILES string of the molecule is CCCCOC(=O)c1ccc(NC(=O)COc2ccc(S(=O)(=O)NC(C)C)cc2C)cc1. The molecule has 2 rings (SSSR count). The first kappa shape index (κ1) is 25.4. The molecule has 32 heavy (non-hydrogen) atoms. The predicted octanol–water partition coefficient (Wildman–Crippen LogP) is 3.66. The maximum Gasteiger partial charge on any atom is 0.338 e. The van der Waals surface area contributed by atoms with E-state index in [-0.39, 0.29) is 23.5 Å². The second-order valence-electron chi connectivity index (χ2n) is 7.61. The Kier molecular flexibility index (Phi) is 9.22. The molecule has 0 unspecified atom stereocenters. The Morgan fingerprint density at radius 1 is 1.06 bits per heavy atom. The van der Waals surface area contributed by atoms with E-state index in [1.54, 1.807) is 45.0 Å². The molecule has 0 spiro atoms. The Hall–Kier alpha value is -2.91. The van der Waals surface area contributed by atoms with Gasteiger partial charge in [0.25, 0.3) is 5.91 Å². The molecule has 0 saturated heterocycles. The Morgan fingerprint density at radius 3 is 2.34 bits per heavy atom. The molecule has 0 fully saturated rings. The average Bonchev–Trinajstić information content (AvgIpc) is 2.72. The fourth-order valence-electron chi connectivity index (χ4n) is 2.75. The molecule has 0 aliphatic carbocycles. The number of sulfonamides is 1. The van der Waals surface area contributed by atoms with Crippen molar-refractivity contribution in [2.24, 2.45) is 0 Å². The number of hydrogen-bond donors (Lipinski definition) is 2. The molecule has 2 N–H and O–H groups in total. The molecule has 2 aromatic carbocycles. The quantitative estimate of drug-likeness (QED) is 0.389. The van der Waals surface area contributed by atoms with E-state index in [0.29, 0.717) is 29.2 Å². The molecule has 0 aliphatic heterocycles. The molecular formula is C23H30N2O6S. The lowest BCUT2D eigenvalue weighted by atomic mass is 10.2. The molecule has 0 aliphatic rings. The van der Waals surface area contributed by atoms with Crippen LogP contribution in [-0.2, 0) is 19.6 Å². The molecule has 0 bridgehead atoms. The number of aryl methyl sites for hydroxylation is 1. The van der Waals surface area contributed by atoms with Crippen molar-refractivity contribution in [3.8, 4) is 5.75 Å². The van der Waals surface area contributed by atoms with Crippen LogP contribution in [0.1, 0.15) is 49.5 Å². The molecule has 0 atom stereocenters. The number of carbonyl (C=O) groups excluding carboxylic acids is 2. The standard InChI is InChI=1S/C23H30N2O6S/c1-5-6-13-30-23(27)18-7-9-19(10-8-18)24-22(26)15-31-21-12-11-20(14-17(21)4)32(28,29)25-16(2)3/h7-12,14,16,25H,5-6,13,15H2,1-4H3,(H,24,26). The fraction of sp³-hybridized carbons (Fsp3) is 0.391. The third-order valence-electron chi connectivity index (χ3n) is 4.34. The summed E-state index contributed by atoms with van der Waals surface area (Å²) in [5.41, 5.74) is 1.52. The first-order chi connectivity index (χ1) is 15.1. The lowest BCUT2D eigenvalue weighted by Crippen LogP contribution is -2.30. The van der Waals surface area contributed by atoms with Crippen molar-refractivity contribution in [1.29, 1.82) is 0 Å². The largest absolute Gasteiger partial charge is 0.483 e. The highest BCUT2D eigenvalue weighted by atomic mass is 32.2. The van der Waals surface area contributed by atoms with Gasteiger partial charge in [0.15, 0.2) is 6.61 Å². The highest BCUT2D eigenvalue weighted by Gasteiger charge is 2.17. The molecule has 8 nitrogen and oxygen atoms in total. The lowest BCUT2D eigenvalue weighted by molar-refractivity contribution is -0.118. The van der Waals surface area contributed by atoms with Crippen molar-refractivity contribution in [1.82, 2.24) is 4.72 Å². The first-order valence-corrected chi connectivity index (χ1v) is 11.9. The van der Waals surface area contributed by atoms with Gasteiger partial charge in [0.2, 0.25) is 10.0 Å². The van der Waals surface area contributed by atoms with Gasteiger partial charge in [-0.05, 0) is 75.2 Å². The third kappa shape index (κ3) is 7.65. The van der Waals surface area contributed by atoms with Gasteiger partial charge >= 0.3 is 5.97 Å². The van der Waals surface area contributed by atoms with Gasteiger partial charge in [-0.15, -0.1) is 0 Å². The highest BCUT2D eigenvalue weighted by molar-refractivity contribution is 7.89. The van der Waals surface area contributed by atoms with Crippen LogP contribution >= 0.6 is 0 Å². The van der Waals surface area contributed by atoms with Gasteiger partial charge in [-0.3, -0.25) is 4.79 Å². The van der Waals surface area contributed by atoms with Gasteiger partial charge in [-0.1, -0.05) is 13.3 Å². The van der Waals surface area contributed by atoms with E-state index in [9.17, 15) is 18.0 Å². The van der Waals surface area contributed by atoms with Crippen molar-refractivity contribution in [3.05, 3.63) is 53.6 Å². The average molecular weight is 463 g/mol. The molecule has 174 valence electrons. The Labute approximate surface area is 189 Å². The number of rotatable bonds is 11. The number of unbranched alkanes of at least 4 members (excludes halogenated alkanes) is 1. The summed E-state index contributed by atoms with van der Waals surface area (Å²) >= 11 is 0. The first-order valence-electron chi connectivity index (χ1n) is 10.4. The number of amides is 1. The van der Waals surface area contributed by atoms with Gasteiger partial charge < -0.3 is 14.8 Å². The second kappa shape index (κ2) is 11.6. The Morgan fingerprint density at radius 2 is 1.75 bits per heavy atom. The van der Waals surface area contributed by atoms with Crippen molar-refractivity contribution >= 4 is 27.6 Å². The molecule has 2 aromatic rings. The minimum Gasteiger partial charge on any atom is -0.483 e. The zero-order valence-corrected chi connectivity index (χ0v) is 19.6. The normalized spacial score (nSPS) is 11.3. The van der Waals surface area contributed by atoms with Gasteiger partial charge in [-0.25, -0.2) is 17.9 Å². The van der Waals surface area contributed by atoms with E-state index < -0.39 is 16.0 Å². The topological polar surface area (TPSA) is 111 Å². The van der Waals surface area contributed by atoms with Gasteiger partial charge in [-0.2, -0.15) is 0 Å². The smallest absolute Gasteiger partial charge is 0.338 e. The summed E-state index contributed by atoms with van der Waals surface area (Å²) in [6, 6.07) is 10.6. The number of anilines is 1. The zero-order valence-electron chi connectivity index (χ0n) is 18.8. The number of carbonyl (C=O) groups is 2. The summed E-state index contributed by atoms with van der Waals surface area (Å²) in [4.78, 5) is 24.2. The van der Waals surface area contributed by atoms with Gasteiger partial charge in [0.1, 0.15) is 5.75 Å². The number of hydrogen-bond acceptors (Lipinski definition) is 6. The number of esters is 1. The van der Waals surface area contributed by atoms with Crippen LogP contribution in [0.2, 0.25) is 0 Å². The van der Waals surface area contributed by atoms with Crippen LogP contribution in [0.5, 0.6) is 5.75 Å². The Bertz CT molecular complexity index is 1030. The summed E-state index contributed by atoms with van der Waals surface area (Å²) in [6.07, 6.45) is 1.76. The molecule has 0 heterocycles. The van der Waals surface area contributed by atoms with Crippen LogP contribution < -0.4 is 14.8 Å². The third-order valence-corrected chi connectivity index (χ3v) is 6.00. The van der Waals surface area contributed by atoms with Gasteiger partial charge in [0, 0.05) is 11.7 Å². The second-order valence-corrected chi connectivity index (χ2v) is 9.32. The van der Waals surface area contributed by atoms with E-state index >= 15 is 0 Å². The fourth-order valence-corrected chi connectivity index (χ4v) is 4.09. The van der Waals surface area contributed by atoms with Crippen molar-refractivity contribution in [2.45, 2.75) is 51.5 Å². The molecular weight excluding hydrogens is 432 g/mol. The summed E-state index contributed by atoms with van der Waals surface area (Å²) in [5.74, 6) is -0.376. The molecule has 0 radical (unpaired) electrons. The molecule has 0 saturated carbocycles. The van der Waals surface area contributed by atoms with Crippen molar-refractivity contribution < 1.29 is 27.5 Å². The lowest BCUT2D eigenvalue weighted by Gasteiger charge is -2.13. The van der Waals surface area contributed by atoms with Crippen molar-refractivity contribution in [2.75, 3.05) is 18.5 Å². The number of ether oxygens (including phenoxy) is 2. The van der Waals surface area contributed by atoms with Crippen molar-refractivity contribution in [3.63, 3.8) is 0 Å².